The lowest BCUT2D eigenvalue weighted by atomic mass is 9.63. The topological polar surface area (TPSA) is 40.0 Å². The van der Waals surface area contributed by atoms with Gasteiger partial charge in [0, 0.05) is 19.6 Å². The first-order chi connectivity index (χ1) is 16.7. The number of piperidine rings is 1. The molecule has 180 valence electrons. The SMILES string of the molecule is CCc1ccccc1C1CCN(CCNCC2=NC(C3(c4ccc(C)cc4)CCC3)=NC2)CC1. The molecule has 1 saturated heterocycles. The van der Waals surface area contributed by atoms with Crippen LogP contribution in [0, 0.1) is 6.92 Å². The number of nitrogens with zero attached hydrogens (tertiary/aromatic N) is 3. The lowest BCUT2D eigenvalue weighted by Gasteiger charge is -2.41. The zero-order chi connectivity index (χ0) is 23.4. The molecule has 0 aromatic heterocycles. The third-order valence-electron chi connectivity index (χ3n) is 8.31. The number of aryl methyl sites for hydroxylation is 2. The fourth-order valence-electron chi connectivity index (χ4n) is 5.98. The molecule has 1 aliphatic carbocycles. The van der Waals surface area contributed by atoms with E-state index in [1.165, 1.54) is 67.6 Å². The van der Waals surface area contributed by atoms with Crippen molar-refractivity contribution in [3.8, 4) is 0 Å². The van der Waals surface area contributed by atoms with Gasteiger partial charge in [-0.1, -0.05) is 67.4 Å². The number of rotatable bonds is 9. The molecule has 4 nitrogen and oxygen atoms in total. The van der Waals surface area contributed by atoms with Gasteiger partial charge in [0.15, 0.2) is 0 Å². The Hall–Kier alpha value is -2.30. The van der Waals surface area contributed by atoms with Crippen LogP contribution in [-0.2, 0) is 11.8 Å². The molecule has 0 bridgehead atoms. The van der Waals surface area contributed by atoms with E-state index in [0.29, 0.717) is 0 Å². The van der Waals surface area contributed by atoms with E-state index < -0.39 is 0 Å². The summed E-state index contributed by atoms with van der Waals surface area (Å²) in [4.78, 5) is 12.5. The Labute approximate surface area is 205 Å². The van der Waals surface area contributed by atoms with E-state index in [9.17, 15) is 0 Å². The van der Waals surface area contributed by atoms with E-state index in [1.807, 2.05) is 0 Å². The standard InChI is InChI=1S/C30H40N4/c1-3-24-7-4-5-8-28(24)25-13-18-34(19-14-25)20-17-31-21-27-22-32-29(33-27)30(15-6-16-30)26-11-9-23(2)10-12-26/h4-5,7-12,25,31H,3,6,13-22H2,1-2H3. The van der Waals surface area contributed by atoms with Crippen LogP contribution in [-0.4, -0.2) is 55.7 Å². The summed E-state index contributed by atoms with van der Waals surface area (Å²) in [5.74, 6) is 1.81. The zero-order valence-electron chi connectivity index (χ0n) is 21.0. The second-order valence-electron chi connectivity index (χ2n) is 10.5. The normalized spacial score (nSPS) is 20.6. The van der Waals surface area contributed by atoms with Crippen molar-refractivity contribution in [2.75, 3.05) is 39.3 Å². The van der Waals surface area contributed by atoms with Crippen LogP contribution < -0.4 is 5.32 Å². The van der Waals surface area contributed by atoms with Crippen LogP contribution in [0.3, 0.4) is 0 Å². The molecule has 0 unspecified atom stereocenters. The van der Waals surface area contributed by atoms with Crippen LogP contribution in [0.2, 0.25) is 0 Å². The van der Waals surface area contributed by atoms with Gasteiger partial charge in [-0.05, 0) is 74.7 Å². The van der Waals surface area contributed by atoms with Crippen molar-refractivity contribution in [1.82, 2.24) is 10.2 Å². The number of amidine groups is 1. The first-order valence-electron chi connectivity index (χ1n) is 13.4. The highest BCUT2D eigenvalue weighted by Gasteiger charge is 2.44. The minimum Gasteiger partial charge on any atom is -0.310 e. The van der Waals surface area contributed by atoms with Gasteiger partial charge in [-0.3, -0.25) is 4.99 Å². The summed E-state index contributed by atoms with van der Waals surface area (Å²) in [6.45, 7) is 10.6. The van der Waals surface area contributed by atoms with Crippen molar-refractivity contribution in [3.63, 3.8) is 0 Å². The van der Waals surface area contributed by atoms with E-state index in [1.54, 1.807) is 5.56 Å². The van der Waals surface area contributed by atoms with Gasteiger partial charge < -0.3 is 10.2 Å². The lowest BCUT2D eigenvalue weighted by molar-refractivity contribution is 0.213. The molecule has 1 N–H and O–H groups in total. The highest BCUT2D eigenvalue weighted by Crippen LogP contribution is 2.46. The maximum Gasteiger partial charge on any atom is 0.134 e. The summed E-state index contributed by atoms with van der Waals surface area (Å²) in [5.41, 5.74) is 7.10. The summed E-state index contributed by atoms with van der Waals surface area (Å²) in [5, 5.41) is 3.65. The van der Waals surface area contributed by atoms with Crippen LogP contribution in [0.4, 0.5) is 0 Å². The predicted molar refractivity (Wildman–Crippen MR) is 144 cm³/mol. The first kappa shape index (κ1) is 23.4. The molecule has 2 aromatic carbocycles. The van der Waals surface area contributed by atoms with Gasteiger partial charge in [0.25, 0.3) is 0 Å². The second-order valence-corrected chi connectivity index (χ2v) is 10.5. The van der Waals surface area contributed by atoms with Gasteiger partial charge in [0.1, 0.15) is 5.84 Å². The van der Waals surface area contributed by atoms with Crippen LogP contribution >= 0.6 is 0 Å². The first-order valence-corrected chi connectivity index (χ1v) is 13.4. The number of aliphatic imine (C=N–C) groups is 2. The van der Waals surface area contributed by atoms with Gasteiger partial charge in [-0.2, -0.15) is 0 Å². The average molecular weight is 457 g/mol. The fraction of sp³-hybridized carbons (Fsp3) is 0.533. The fourth-order valence-corrected chi connectivity index (χ4v) is 5.98. The Bertz CT molecular complexity index is 1020. The summed E-state index contributed by atoms with van der Waals surface area (Å²) in [7, 11) is 0. The third kappa shape index (κ3) is 4.89. The molecule has 2 aliphatic heterocycles. The highest BCUT2D eigenvalue weighted by molar-refractivity contribution is 6.09. The zero-order valence-corrected chi connectivity index (χ0v) is 21.0. The third-order valence-corrected chi connectivity index (χ3v) is 8.31. The molecule has 0 radical (unpaired) electrons. The van der Waals surface area contributed by atoms with Crippen LogP contribution in [0.15, 0.2) is 58.5 Å². The molecule has 1 saturated carbocycles. The minimum absolute atomic E-state index is 0.0657. The molecular weight excluding hydrogens is 416 g/mol. The molecule has 5 rings (SSSR count). The molecular formula is C30H40N4. The summed E-state index contributed by atoms with van der Waals surface area (Å²) >= 11 is 0. The van der Waals surface area contributed by atoms with Gasteiger partial charge in [0.05, 0.1) is 17.7 Å². The van der Waals surface area contributed by atoms with Crippen LogP contribution in [0.1, 0.15) is 67.2 Å². The van der Waals surface area contributed by atoms with Gasteiger partial charge in [-0.25, -0.2) is 4.99 Å². The predicted octanol–water partition coefficient (Wildman–Crippen LogP) is 5.30. The van der Waals surface area contributed by atoms with Crippen molar-refractivity contribution in [2.24, 2.45) is 9.98 Å². The molecule has 2 aromatic rings. The number of nitrogens with one attached hydrogen (secondary N) is 1. The largest absolute Gasteiger partial charge is 0.310 e. The van der Waals surface area contributed by atoms with Gasteiger partial charge >= 0.3 is 0 Å². The van der Waals surface area contributed by atoms with Gasteiger partial charge in [0.2, 0.25) is 0 Å². The molecule has 0 amide bonds. The van der Waals surface area contributed by atoms with Crippen LogP contribution in [0.25, 0.3) is 0 Å². The molecule has 4 heteroatoms. The van der Waals surface area contributed by atoms with E-state index in [0.717, 1.165) is 44.4 Å². The minimum atomic E-state index is 0.0657. The number of hydrogen-bond acceptors (Lipinski definition) is 4. The molecule has 2 fully saturated rings. The molecule has 0 atom stereocenters. The summed E-state index contributed by atoms with van der Waals surface area (Å²) in [6.07, 6.45) is 7.33. The monoisotopic (exact) mass is 456 g/mol. The number of hydrogen-bond donors (Lipinski definition) is 1. The molecule has 3 aliphatic rings. The quantitative estimate of drug-likeness (QED) is 0.520. The van der Waals surface area contributed by atoms with Crippen molar-refractivity contribution in [3.05, 3.63) is 70.8 Å². The Balaban J connectivity index is 1.06. The molecule has 0 spiro atoms. The Morgan fingerprint density at radius 2 is 1.79 bits per heavy atom. The summed E-state index contributed by atoms with van der Waals surface area (Å²) in [6, 6.07) is 18.1. The van der Waals surface area contributed by atoms with Gasteiger partial charge in [-0.15, -0.1) is 0 Å². The number of benzene rings is 2. The van der Waals surface area contributed by atoms with Crippen molar-refractivity contribution >= 4 is 11.5 Å². The summed E-state index contributed by atoms with van der Waals surface area (Å²) < 4.78 is 0. The number of likely N-dealkylation sites (tertiary alicyclic amines) is 1. The maximum absolute atomic E-state index is 5.02. The Kier molecular flexibility index (Phi) is 7.26. The Morgan fingerprint density at radius 1 is 1.03 bits per heavy atom. The van der Waals surface area contributed by atoms with Crippen molar-refractivity contribution in [1.29, 1.82) is 0 Å². The lowest BCUT2D eigenvalue weighted by Crippen LogP contribution is -2.41. The van der Waals surface area contributed by atoms with Crippen LogP contribution in [0.5, 0.6) is 0 Å². The Morgan fingerprint density at radius 3 is 2.50 bits per heavy atom. The van der Waals surface area contributed by atoms with Crippen molar-refractivity contribution in [2.45, 2.75) is 63.7 Å². The van der Waals surface area contributed by atoms with Crippen molar-refractivity contribution < 1.29 is 0 Å². The molecule has 2 heterocycles. The van der Waals surface area contributed by atoms with E-state index >= 15 is 0 Å². The van der Waals surface area contributed by atoms with E-state index in [-0.39, 0.29) is 5.41 Å². The van der Waals surface area contributed by atoms with E-state index in [4.69, 9.17) is 9.98 Å². The van der Waals surface area contributed by atoms with E-state index in [2.05, 4.69) is 72.6 Å². The molecule has 34 heavy (non-hydrogen) atoms. The highest BCUT2D eigenvalue weighted by atomic mass is 15.1. The maximum atomic E-state index is 5.02. The average Bonchev–Trinajstić information content (AvgIpc) is 3.31. The second kappa shape index (κ2) is 10.5. The smallest absolute Gasteiger partial charge is 0.134 e.